The zero-order valence-electron chi connectivity index (χ0n) is 12.1. The van der Waals surface area contributed by atoms with Crippen molar-refractivity contribution < 1.29 is 9.53 Å². The van der Waals surface area contributed by atoms with E-state index in [0.717, 1.165) is 12.1 Å². The molecule has 0 amide bonds. The van der Waals surface area contributed by atoms with Gasteiger partial charge in [-0.25, -0.2) is 0 Å². The molecule has 0 bridgehead atoms. The molecule has 0 aliphatic heterocycles. The molecule has 0 unspecified atom stereocenters. The van der Waals surface area contributed by atoms with E-state index in [0.29, 0.717) is 5.75 Å². The van der Waals surface area contributed by atoms with Crippen molar-refractivity contribution in [2.45, 2.75) is 32.6 Å². The third-order valence-corrected chi connectivity index (χ3v) is 3.25. The van der Waals surface area contributed by atoms with E-state index in [-0.39, 0.29) is 11.4 Å². The Hall–Kier alpha value is -2.16. The van der Waals surface area contributed by atoms with Gasteiger partial charge >= 0.3 is 5.97 Å². The Labute approximate surface area is 119 Å². The Kier molecular flexibility index (Phi) is 4.18. The van der Waals surface area contributed by atoms with Gasteiger partial charge in [0.2, 0.25) is 0 Å². The first-order chi connectivity index (χ1) is 9.47. The number of rotatable bonds is 4. The predicted molar refractivity (Wildman–Crippen MR) is 78.7 cm³/mol. The summed E-state index contributed by atoms with van der Waals surface area (Å²) < 4.78 is 5.05. The summed E-state index contributed by atoms with van der Waals surface area (Å²) in [7, 11) is 0. The zero-order chi connectivity index (χ0) is 14.6. The summed E-state index contributed by atoms with van der Waals surface area (Å²) in [5.41, 5.74) is 2.24. The van der Waals surface area contributed by atoms with Crippen LogP contribution in [0.3, 0.4) is 0 Å². The van der Waals surface area contributed by atoms with Crippen LogP contribution in [0.25, 0.3) is 0 Å². The van der Waals surface area contributed by atoms with Gasteiger partial charge in [0, 0.05) is 18.8 Å². The van der Waals surface area contributed by atoms with Gasteiger partial charge in [-0.15, -0.1) is 0 Å². The summed E-state index contributed by atoms with van der Waals surface area (Å²) in [6, 6.07) is 13.6. The van der Waals surface area contributed by atoms with E-state index in [1.165, 1.54) is 12.5 Å². The molecule has 0 spiro atoms. The van der Waals surface area contributed by atoms with Crippen molar-refractivity contribution in [1.29, 1.82) is 0 Å². The lowest BCUT2D eigenvalue weighted by atomic mass is 9.80. The van der Waals surface area contributed by atoms with Crippen molar-refractivity contribution >= 4 is 5.97 Å². The van der Waals surface area contributed by atoms with Crippen molar-refractivity contribution in [3.8, 4) is 5.75 Å². The van der Waals surface area contributed by atoms with Crippen molar-refractivity contribution in [2.75, 3.05) is 0 Å². The maximum atomic E-state index is 10.9. The van der Waals surface area contributed by atoms with E-state index in [9.17, 15) is 4.79 Å². The number of pyridine rings is 1. The van der Waals surface area contributed by atoms with Crippen LogP contribution in [0.4, 0.5) is 0 Å². The molecular weight excluding hydrogens is 250 g/mol. The molecule has 0 saturated heterocycles. The monoisotopic (exact) mass is 269 g/mol. The number of carbonyl (C=O) groups excluding carboxylic acids is 1. The first-order valence-electron chi connectivity index (χ1n) is 6.66. The topological polar surface area (TPSA) is 39.2 Å². The summed E-state index contributed by atoms with van der Waals surface area (Å²) in [4.78, 5) is 15.3. The van der Waals surface area contributed by atoms with Crippen LogP contribution in [0.5, 0.6) is 5.75 Å². The molecule has 1 heterocycles. The number of carbonyl (C=O) groups is 1. The highest BCUT2D eigenvalue weighted by Gasteiger charge is 2.21. The first-order valence-corrected chi connectivity index (χ1v) is 6.66. The summed E-state index contributed by atoms with van der Waals surface area (Å²) in [5.74, 6) is 0.278. The molecule has 0 radical (unpaired) electrons. The van der Waals surface area contributed by atoms with Gasteiger partial charge in [-0.3, -0.25) is 9.78 Å². The smallest absolute Gasteiger partial charge is 0.308 e. The van der Waals surface area contributed by atoms with Gasteiger partial charge in [0.25, 0.3) is 0 Å². The van der Waals surface area contributed by atoms with E-state index >= 15 is 0 Å². The zero-order valence-corrected chi connectivity index (χ0v) is 12.1. The number of esters is 1. The highest BCUT2D eigenvalue weighted by molar-refractivity contribution is 5.69. The van der Waals surface area contributed by atoms with Crippen molar-refractivity contribution in [3.05, 3.63) is 59.9 Å². The second kappa shape index (κ2) is 5.87. The summed E-state index contributed by atoms with van der Waals surface area (Å²) in [5, 5.41) is 0. The maximum Gasteiger partial charge on any atom is 0.308 e. The van der Waals surface area contributed by atoms with Crippen LogP contribution in [0.15, 0.2) is 48.7 Å². The van der Waals surface area contributed by atoms with Gasteiger partial charge in [-0.2, -0.15) is 0 Å². The molecule has 0 fully saturated rings. The second-order valence-corrected chi connectivity index (χ2v) is 5.50. The molecule has 3 nitrogen and oxygen atoms in total. The summed E-state index contributed by atoms with van der Waals surface area (Å²) in [6.45, 7) is 5.77. The number of hydrogen-bond acceptors (Lipinski definition) is 3. The largest absolute Gasteiger partial charge is 0.427 e. The molecule has 1 aromatic heterocycles. The average molecular weight is 269 g/mol. The fourth-order valence-corrected chi connectivity index (χ4v) is 2.20. The molecule has 3 heteroatoms. The number of nitrogens with zero attached hydrogens (tertiary/aromatic N) is 1. The standard InChI is InChI=1S/C17H19NO2/c1-13(19)20-16-9-7-14(8-10-16)17(2,3)12-15-6-4-5-11-18-15/h4-11H,12H2,1-3H3. The van der Waals surface area contributed by atoms with Gasteiger partial charge in [0.05, 0.1) is 0 Å². The van der Waals surface area contributed by atoms with Crippen molar-refractivity contribution in [1.82, 2.24) is 4.98 Å². The van der Waals surface area contributed by atoms with E-state index < -0.39 is 0 Å². The highest BCUT2D eigenvalue weighted by Crippen LogP contribution is 2.28. The van der Waals surface area contributed by atoms with E-state index in [1.54, 1.807) is 0 Å². The minimum atomic E-state index is -0.300. The van der Waals surface area contributed by atoms with Gasteiger partial charge in [-0.05, 0) is 41.7 Å². The molecule has 0 N–H and O–H groups in total. The third kappa shape index (κ3) is 3.67. The molecule has 2 rings (SSSR count). The first kappa shape index (κ1) is 14.3. The lowest BCUT2D eigenvalue weighted by Gasteiger charge is -2.25. The number of aromatic nitrogens is 1. The molecule has 0 aliphatic rings. The molecule has 104 valence electrons. The minimum Gasteiger partial charge on any atom is -0.427 e. The Bertz CT molecular complexity index is 574. The van der Waals surface area contributed by atoms with Crippen LogP contribution >= 0.6 is 0 Å². The van der Waals surface area contributed by atoms with Gasteiger partial charge in [-0.1, -0.05) is 32.0 Å². The molecule has 2 aromatic rings. The van der Waals surface area contributed by atoms with Crippen LogP contribution in [0, 0.1) is 0 Å². The third-order valence-electron chi connectivity index (χ3n) is 3.25. The number of ether oxygens (including phenoxy) is 1. The molecule has 1 aromatic carbocycles. The molecular formula is C17H19NO2. The molecule has 0 aliphatic carbocycles. The van der Waals surface area contributed by atoms with Gasteiger partial charge in [0.15, 0.2) is 0 Å². The summed E-state index contributed by atoms with van der Waals surface area (Å²) in [6.07, 6.45) is 2.68. The average Bonchev–Trinajstić information content (AvgIpc) is 2.39. The van der Waals surface area contributed by atoms with Gasteiger partial charge in [0.1, 0.15) is 5.75 Å². The van der Waals surface area contributed by atoms with Crippen LogP contribution < -0.4 is 4.74 Å². The minimum absolute atomic E-state index is 0.0247. The number of benzene rings is 1. The Morgan fingerprint density at radius 3 is 2.40 bits per heavy atom. The van der Waals surface area contributed by atoms with Crippen molar-refractivity contribution in [2.24, 2.45) is 0 Å². The lowest BCUT2D eigenvalue weighted by Crippen LogP contribution is -2.21. The van der Waals surface area contributed by atoms with Crippen LogP contribution in [0.2, 0.25) is 0 Å². The highest BCUT2D eigenvalue weighted by atomic mass is 16.5. The summed E-state index contributed by atoms with van der Waals surface area (Å²) >= 11 is 0. The molecule has 20 heavy (non-hydrogen) atoms. The molecule has 0 atom stereocenters. The maximum absolute atomic E-state index is 10.9. The van der Waals surface area contributed by atoms with E-state index in [2.05, 4.69) is 18.8 Å². The predicted octanol–water partition coefficient (Wildman–Crippen LogP) is 3.53. The fraction of sp³-hybridized carbons (Fsp3) is 0.294. The van der Waals surface area contributed by atoms with Crippen LogP contribution in [0.1, 0.15) is 32.0 Å². The van der Waals surface area contributed by atoms with E-state index in [1.807, 2.05) is 48.7 Å². The fourth-order valence-electron chi connectivity index (χ4n) is 2.20. The van der Waals surface area contributed by atoms with E-state index in [4.69, 9.17) is 4.74 Å². The Balaban J connectivity index is 2.15. The Morgan fingerprint density at radius 1 is 1.15 bits per heavy atom. The van der Waals surface area contributed by atoms with Crippen LogP contribution in [-0.4, -0.2) is 11.0 Å². The second-order valence-electron chi connectivity index (χ2n) is 5.50. The normalized spacial score (nSPS) is 11.2. The number of hydrogen-bond donors (Lipinski definition) is 0. The van der Waals surface area contributed by atoms with Gasteiger partial charge < -0.3 is 4.74 Å². The van der Waals surface area contributed by atoms with Crippen LogP contribution in [-0.2, 0) is 16.6 Å². The quantitative estimate of drug-likeness (QED) is 0.629. The lowest BCUT2D eigenvalue weighted by molar-refractivity contribution is -0.131. The van der Waals surface area contributed by atoms with Crippen molar-refractivity contribution in [3.63, 3.8) is 0 Å². The SMILES string of the molecule is CC(=O)Oc1ccc(C(C)(C)Cc2ccccn2)cc1. The molecule has 0 saturated carbocycles. The Morgan fingerprint density at radius 2 is 1.85 bits per heavy atom.